The number of hydrogen-bond acceptors (Lipinski definition) is 2. The number of halogens is 2. The number of rotatable bonds is 2. The Morgan fingerprint density at radius 3 is 2.62 bits per heavy atom. The van der Waals surface area contributed by atoms with Crippen LogP contribution in [0.3, 0.4) is 0 Å². The minimum absolute atomic E-state index is 0.254. The van der Waals surface area contributed by atoms with E-state index < -0.39 is 0 Å². The molecule has 1 heterocycles. The van der Waals surface area contributed by atoms with Gasteiger partial charge in [0.15, 0.2) is 0 Å². The van der Waals surface area contributed by atoms with E-state index in [0.717, 1.165) is 10.9 Å². The first kappa shape index (κ1) is 14.0. The summed E-state index contributed by atoms with van der Waals surface area (Å²) in [5, 5.41) is 1.44. The molecule has 4 heteroatoms. The standard InChI is InChI=1S/C17H14ClFN2/c1-10(20)13-9-11-5-4-7-14(18)16(11)21-17(13)12-6-2-3-8-15(12)19/h2-10H,20H2,1H3. The van der Waals surface area contributed by atoms with Gasteiger partial charge in [-0.2, -0.15) is 0 Å². The molecule has 0 bridgehead atoms. The summed E-state index contributed by atoms with van der Waals surface area (Å²) < 4.78 is 14.1. The van der Waals surface area contributed by atoms with E-state index in [1.807, 2.05) is 25.1 Å². The van der Waals surface area contributed by atoms with Crippen molar-refractivity contribution in [2.24, 2.45) is 5.73 Å². The molecule has 1 aromatic heterocycles. The minimum atomic E-state index is -0.321. The number of fused-ring (bicyclic) bond motifs is 1. The quantitative estimate of drug-likeness (QED) is 0.744. The molecular formula is C17H14ClFN2. The maximum atomic E-state index is 14.1. The second-order valence-electron chi connectivity index (χ2n) is 5.01. The van der Waals surface area contributed by atoms with E-state index in [9.17, 15) is 4.39 Å². The number of aromatic nitrogens is 1. The molecule has 0 aliphatic heterocycles. The first-order chi connectivity index (χ1) is 10.1. The van der Waals surface area contributed by atoms with Crippen LogP contribution in [0.25, 0.3) is 22.2 Å². The van der Waals surface area contributed by atoms with Crippen molar-refractivity contribution < 1.29 is 4.39 Å². The number of para-hydroxylation sites is 1. The highest BCUT2D eigenvalue weighted by Crippen LogP contribution is 2.32. The average Bonchev–Trinajstić information content (AvgIpc) is 2.47. The van der Waals surface area contributed by atoms with Gasteiger partial charge in [-0.25, -0.2) is 9.37 Å². The lowest BCUT2D eigenvalue weighted by Gasteiger charge is -2.14. The molecule has 0 saturated heterocycles. The van der Waals surface area contributed by atoms with Crippen LogP contribution in [0.4, 0.5) is 4.39 Å². The van der Waals surface area contributed by atoms with Crippen LogP contribution in [-0.4, -0.2) is 4.98 Å². The second-order valence-corrected chi connectivity index (χ2v) is 5.41. The molecule has 2 aromatic carbocycles. The molecule has 0 saturated carbocycles. The minimum Gasteiger partial charge on any atom is -0.324 e. The Morgan fingerprint density at radius 2 is 1.90 bits per heavy atom. The van der Waals surface area contributed by atoms with E-state index in [2.05, 4.69) is 4.98 Å². The Labute approximate surface area is 127 Å². The second kappa shape index (κ2) is 5.43. The fraction of sp³-hybridized carbons (Fsp3) is 0.118. The van der Waals surface area contributed by atoms with Crippen molar-refractivity contribution in [1.29, 1.82) is 0 Å². The molecule has 3 aromatic rings. The zero-order valence-corrected chi connectivity index (χ0v) is 12.2. The molecule has 2 N–H and O–H groups in total. The fourth-order valence-corrected chi connectivity index (χ4v) is 2.62. The smallest absolute Gasteiger partial charge is 0.132 e. The van der Waals surface area contributed by atoms with Gasteiger partial charge < -0.3 is 5.73 Å². The van der Waals surface area contributed by atoms with Crippen LogP contribution < -0.4 is 5.73 Å². The van der Waals surface area contributed by atoms with E-state index in [4.69, 9.17) is 17.3 Å². The topological polar surface area (TPSA) is 38.9 Å². The van der Waals surface area contributed by atoms with Crippen LogP contribution in [0.1, 0.15) is 18.5 Å². The normalized spacial score (nSPS) is 12.6. The van der Waals surface area contributed by atoms with Gasteiger partial charge in [-0.15, -0.1) is 0 Å². The van der Waals surface area contributed by atoms with Crippen molar-refractivity contribution in [3.8, 4) is 11.3 Å². The largest absolute Gasteiger partial charge is 0.324 e. The molecular weight excluding hydrogens is 287 g/mol. The highest BCUT2D eigenvalue weighted by atomic mass is 35.5. The molecule has 0 fully saturated rings. The van der Waals surface area contributed by atoms with Crippen LogP contribution in [0.5, 0.6) is 0 Å². The van der Waals surface area contributed by atoms with E-state index in [1.165, 1.54) is 6.07 Å². The third-order valence-corrected chi connectivity index (χ3v) is 3.75. The van der Waals surface area contributed by atoms with Gasteiger partial charge in [0.25, 0.3) is 0 Å². The van der Waals surface area contributed by atoms with Crippen molar-refractivity contribution in [2.75, 3.05) is 0 Å². The molecule has 0 radical (unpaired) electrons. The average molecular weight is 301 g/mol. The molecule has 1 unspecified atom stereocenters. The Balaban J connectivity index is 2.37. The lowest BCUT2D eigenvalue weighted by atomic mass is 9.99. The van der Waals surface area contributed by atoms with E-state index >= 15 is 0 Å². The van der Waals surface area contributed by atoms with Crippen molar-refractivity contribution in [1.82, 2.24) is 4.98 Å². The van der Waals surface area contributed by atoms with Crippen molar-refractivity contribution in [3.05, 3.63) is 64.9 Å². The van der Waals surface area contributed by atoms with Gasteiger partial charge in [-0.3, -0.25) is 0 Å². The Morgan fingerprint density at radius 1 is 1.14 bits per heavy atom. The van der Waals surface area contributed by atoms with Gasteiger partial charge in [0.05, 0.1) is 16.2 Å². The number of nitrogens with two attached hydrogens (primary N) is 1. The molecule has 106 valence electrons. The molecule has 0 amide bonds. The van der Waals surface area contributed by atoms with Crippen LogP contribution in [0.15, 0.2) is 48.5 Å². The van der Waals surface area contributed by atoms with Crippen LogP contribution >= 0.6 is 11.6 Å². The molecule has 0 aliphatic rings. The number of nitrogens with zero attached hydrogens (tertiary/aromatic N) is 1. The van der Waals surface area contributed by atoms with Gasteiger partial charge in [0, 0.05) is 17.0 Å². The van der Waals surface area contributed by atoms with Crippen LogP contribution in [-0.2, 0) is 0 Å². The summed E-state index contributed by atoms with van der Waals surface area (Å²) in [6, 6.07) is 13.8. The fourth-order valence-electron chi connectivity index (χ4n) is 2.39. The summed E-state index contributed by atoms with van der Waals surface area (Å²) in [5.41, 5.74) is 8.47. The highest BCUT2D eigenvalue weighted by molar-refractivity contribution is 6.35. The molecule has 0 aliphatic carbocycles. The number of benzene rings is 2. The van der Waals surface area contributed by atoms with Crippen LogP contribution in [0, 0.1) is 5.82 Å². The summed E-state index contributed by atoms with van der Waals surface area (Å²) in [4.78, 5) is 4.58. The maximum absolute atomic E-state index is 14.1. The van der Waals surface area contributed by atoms with Gasteiger partial charge in [-0.05, 0) is 36.8 Å². The SMILES string of the molecule is CC(N)c1cc2cccc(Cl)c2nc1-c1ccccc1F. The third-order valence-electron chi connectivity index (χ3n) is 3.45. The Kier molecular flexibility index (Phi) is 3.62. The maximum Gasteiger partial charge on any atom is 0.132 e. The molecule has 2 nitrogen and oxygen atoms in total. The van der Waals surface area contributed by atoms with Gasteiger partial charge in [0.2, 0.25) is 0 Å². The summed E-state index contributed by atoms with van der Waals surface area (Å²) in [7, 11) is 0. The molecule has 1 atom stereocenters. The van der Waals surface area contributed by atoms with Gasteiger partial charge >= 0.3 is 0 Å². The van der Waals surface area contributed by atoms with Gasteiger partial charge in [-0.1, -0.05) is 35.9 Å². The molecule has 21 heavy (non-hydrogen) atoms. The van der Waals surface area contributed by atoms with Gasteiger partial charge in [0.1, 0.15) is 5.82 Å². The Bertz CT molecular complexity index is 815. The number of pyridine rings is 1. The molecule has 0 spiro atoms. The lowest BCUT2D eigenvalue weighted by Crippen LogP contribution is -2.08. The van der Waals surface area contributed by atoms with Crippen LogP contribution in [0.2, 0.25) is 5.02 Å². The highest BCUT2D eigenvalue weighted by Gasteiger charge is 2.16. The predicted molar refractivity (Wildman–Crippen MR) is 84.7 cm³/mol. The summed E-state index contributed by atoms with van der Waals surface area (Å²) >= 11 is 6.20. The summed E-state index contributed by atoms with van der Waals surface area (Å²) in [5.74, 6) is -0.321. The Hall–Kier alpha value is -1.97. The third kappa shape index (κ3) is 2.50. The van der Waals surface area contributed by atoms with Crippen molar-refractivity contribution in [2.45, 2.75) is 13.0 Å². The monoisotopic (exact) mass is 300 g/mol. The summed E-state index contributed by atoms with van der Waals surface area (Å²) in [6.07, 6.45) is 0. The van der Waals surface area contributed by atoms with E-state index in [0.29, 0.717) is 21.8 Å². The van der Waals surface area contributed by atoms with E-state index in [1.54, 1.807) is 24.3 Å². The predicted octanol–water partition coefficient (Wildman–Crippen LogP) is 4.71. The lowest BCUT2D eigenvalue weighted by molar-refractivity contribution is 0.630. The zero-order chi connectivity index (χ0) is 15.0. The van der Waals surface area contributed by atoms with Crippen molar-refractivity contribution in [3.63, 3.8) is 0 Å². The first-order valence-electron chi connectivity index (χ1n) is 6.67. The van der Waals surface area contributed by atoms with Crippen molar-refractivity contribution >= 4 is 22.5 Å². The zero-order valence-electron chi connectivity index (χ0n) is 11.5. The summed E-state index contributed by atoms with van der Waals surface area (Å²) in [6.45, 7) is 1.86. The first-order valence-corrected chi connectivity index (χ1v) is 7.05. The number of hydrogen-bond donors (Lipinski definition) is 1. The van der Waals surface area contributed by atoms with E-state index in [-0.39, 0.29) is 11.9 Å². The molecule has 3 rings (SSSR count).